The fourth-order valence-electron chi connectivity index (χ4n) is 1.77. The largest absolute Gasteiger partial charge is 0.307 e. The number of benzene rings is 2. The van der Waals surface area contributed by atoms with Crippen LogP contribution in [0.4, 0.5) is 5.69 Å². The van der Waals surface area contributed by atoms with Crippen molar-refractivity contribution in [1.82, 2.24) is 0 Å². The van der Waals surface area contributed by atoms with Gasteiger partial charge in [0.1, 0.15) is 0 Å². The average Bonchev–Trinajstić information content (AvgIpc) is 2.46. The molecule has 18 heavy (non-hydrogen) atoms. The molecular weight excluding hydrogens is 290 g/mol. The Morgan fingerprint density at radius 3 is 2.06 bits per heavy atom. The van der Waals surface area contributed by atoms with E-state index in [-0.39, 0.29) is 5.91 Å². The summed E-state index contributed by atoms with van der Waals surface area (Å²) in [6.45, 7) is 0.593. The smallest absolute Gasteiger partial charge is 0.237 e. The lowest BCUT2D eigenvalue weighted by atomic mass is 10.2. The van der Waals surface area contributed by atoms with Crippen molar-refractivity contribution in [3.05, 3.63) is 66.2 Å². The molecule has 0 radical (unpaired) electrons. The van der Waals surface area contributed by atoms with Crippen molar-refractivity contribution in [1.29, 1.82) is 0 Å². The van der Waals surface area contributed by atoms with Crippen LogP contribution in [0.1, 0.15) is 5.56 Å². The van der Waals surface area contributed by atoms with Crippen LogP contribution in [0.3, 0.4) is 0 Å². The number of hydrogen-bond donors (Lipinski definition) is 0. The van der Waals surface area contributed by atoms with E-state index < -0.39 is 0 Å². The van der Waals surface area contributed by atoms with Crippen molar-refractivity contribution in [3.8, 4) is 0 Å². The van der Waals surface area contributed by atoms with Crippen LogP contribution >= 0.6 is 15.9 Å². The zero-order valence-electron chi connectivity index (χ0n) is 9.92. The molecule has 2 nitrogen and oxygen atoms in total. The van der Waals surface area contributed by atoms with E-state index in [9.17, 15) is 4.79 Å². The number of carbonyl (C=O) groups excluding carboxylic acids is 1. The summed E-state index contributed by atoms with van der Waals surface area (Å²) < 4.78 is 0. The van der Waals surface area contributed by atoms with E-state index in [0.29, 0.717) is 11.9 Å². The third-order valence-electron chi connectivity index (χ3n) is 2.67. The van der Waals surface area contributed by atoms with Gasteiger partial charge in [-0.05, 0) is 17.7 Å². The first-order valence-corrected chi connectivity index (χ1v) is 6.88. The third-order valence-corrected chi connectivity index (χ3v) is 3.15. The average molecular weight is 304 g/mol. The van der Waals surface area contributed by atoms with E-state index in [1.807, 2.05) is 60.7 Å². The van der Waals surface area contributed by atoms with Gasteiger partial charge in [0, 0.05) is 5.69 Å². The van der Waals surface area contributed by atoms with Gasteiger partial charge in [0.05, 0.1) is 11.9 Å². The zero-order chi connectivity index (χ0) is 12.8. The van der Waals surface area contributed by atoms with Gasteiger partial charge < -0.3 is 4.90 Å². The first kappa shape index (κ1) is 12.8. The van der Waals surface area contributed by atoms with E-state index >= 15 is 0 Å². The number of halogens is 1. The molecule has 0 saturated heterocycles. The first-order chi connectivity index (χ1) is 8.81. The second-order valence-electron chi connectivity index (χ2n) is 3.93. The molecule has 2 aromatic rings. The summed E-state index contributed by atoms with van der Waals surface area (Å²) in [6, 6.07) is 19.7. The molecular formula is C15H14BrNO. The number of alkyl halides is 1. The van der Waals surface area contributed by atoms with Crippen LogP contribution in [0.15, 0.2) is 60.7 Å². The molecule has 92 valence electrons. The van der Waals surface area contributed by atoms with Crippen molar-refractivity contribution in [2.45, 2.75) is 6.54 Å². The molecule has 2 aromatic carbocycles. The van der Waals surface area contributed by atoms with Gasteiger partial charge >= 0.3 is 0 Å². The van der Waals surface area contributed by atoms with Crippen molar-refractivity contribution < 1.29 is 4.79 Å². The van der Waals surface area contributed by atoms with Crippen molar-refractivity contribution >= 4 is 27.5 Å². The Morgan fingerprint density at radius 1 is 0.944 bits per heavy atom. The van der Waals surface area contributed by atoms with E-state index in [1.165, 1.54) is 0 Å². The quantitative estimate of drug-likeness (QED) is 0.790. The first-order valence-electron chi connectivity index (χ1n) is 5.76. The van der Waals surface area contributed by atoms with Crippen LogP contribution in [-0.4, -0.2) is 11.2 Å². The Bertz CT molecular complexity index is 498. The summed E-state index contributed by atoms with van der Waals surface area (Å²) in [5.41, 5.74) is 2.04. The van der Waals surface area contributed by atoms with E-state index in [2.05, 4.69) is 15.9 Å². The number of amides is 1. The SMILES string of the molecule is O=C(CBr)N(Cc1ccccc1)c1ccccc1. The van der Waals surface area contributed by atoms with Crippen LogP contribution in [-0.2, 0) is 11.3 Å². The highest BCUT2D eigenvalue weighted by molar-refractivity contribution is 9.09. The minimum absolute atomic E-state index is 0.0602. The van der Waals surface area contributed by atoms with Crippen LogP contribution in [0.5, 0.6) is 0 Å². The standard InChI is InChI=1S/C15H14BrNO/c16-11-15(18)17(14-9-5-2-6-10-14)12-13-7-3-1-4-8-13/h1-10H,11-12H2. The maximum absolute atomic E-state index is 12.0. The van der Waals surface area contributed by atoms with Gasteiger partial charge in [0.2, 0.25) is 5.91 Å². The Labute approximate surface area is 115 Å². The maximum atomic E-state index is 12.0. The molecule has 0 N–H and O–H groups in total. The second kappa shape index (κ2) is 6.36. The lowest BCUT2D eigenvalue weighted by Gasteiger charge is -2.22. The lowest BCUT2D eigenvalue weighted by Crippen LogP contribution is -2.31. The number of nitrogens with zero attached hydrogens (tertiary/aromatic N) is 1. The third kappa shape index (κ3) is 3.20. The number of hydrogen-bond acceptors (Lipinski definition) is 1. The van der Waals surface area contributed by atoms with Gasteiger partial charge in [-0.3, -0.25) is 4.79 Å². The number of anilines is 1. The highest BCUT2D eigenvalue weighted by atomic mass is 79.9. The molecule has 0 atom stereocenters. The molecule has 0 saturated carbocycles. The summed E-state index contributed by atoms with van der Waals surface area (Å²) >= 11 is 3.23. The summed E-state index contributed by atoms with van der Waals surface area (Å²) in [5.74, 6) is 0.0602. The monoisotopic (exact) mass is 303 g/mol. The van der Waals surface area contributed by atoms with E-state index in [4.69, 9.17) is 0 Å². The fourth-order valence-corrected chi connectivity index (χ4v) is 2.07. The highest BCUT2D eigenvalue weighted by Gasteiger charge is 2.14. The molecule has 0 fully saturated rings. The molecule has 3 heteroatoms. The Morgan fingerprint density at radius 2 is 1.50 bits per heavy atom. The molecule has 1 amide bonds. The highest BCUT2D eigenvalue weighted by Crippen LogP contribution is 2.17. The van der Waals surface area contributed by atoms with Crippen LogP contribution in [0.25, 0.3) is 0 Å². The molecule has 0 heterocycles. The summed E-state index contributed by atoms with van der Waals surface area (Å²) in [7, 11) is 0. The topological polar surface area (TPSA) is 20.3 Å². The van der Waals surface area contributed by atoms with Crippen LogP contribution in [0.2, 0.25) is 0 Å². The van der Waals surface area contributed by atoms with Crippen molar-refractivity contribution in [2.24, 2.45) is 0 Å². The number of para-hydroxylation sites is 1. The predicted octanol–water partition coefficient (Wildman–Crippen LogP) is 3.61. The van der Waals surface area contributed by atoms with Crippen LogP contribution in [0, 0.1) is 0 Å². The van der Waals surface area contributed by atoms with Gasteiger partial charge in [-0.2, -0.15) is 0 Å². The second-order valence-corrected chi connectivity index (χ2v) is 4.50. The van der Waals surface area contributed by atoms with Gasteiger partial charge in [0.25, 0.3) is 0 Å². The minimum atomic E-state index is 0.0602. The lowest BCUT2D eigenvalue weighted by molar-refractivity contribution is -0.116. The summed E-state index contributed by atoms with van der Waals surface area (Å²) in [5, 5.41) is 0.328. The molecule has 0 bridgehead atoms. The molecule has 0 aliphatic rings. The van der Waals surface area contributed by atoms with Gasteiger partial charge in [0.15, 0.2) is 0 Å². The predicted molar refractivity (Wildman–Crippen MR) is 77.9 cm³/mol. The molecule has 0 unspecified atom stereocenters. The normalized spacial score (nSPS) is 10.1. The van der Waals surface area contributed by atoms with E-state index in [1.54, 1.807) is 4.90 Å². The summed E-state index contributed by atoms with van der Waals surface area (Å²) in [6.07, 6.45) is 0. The Hall–Kier alpha value is -1.61. The van der Waals surface area contributed by atoms with Gasteiger partial charge in [-0.1, -0.05) is 64.5 Å². The summed E-state index contributed by atoms with van der Waals surface area (Å²) in [4.78, 5) is 13.8. The van der Waals surface area contributed by atoms with Gasteiger partial charge in [-0.25, -0.2) is 0 Å². The maximum Gasteiger partial charge on any atom is 0.237 e. The molecule has 0 spiro atoms. The number of carbonyl (C=O) groups is 1. The van der Waals surface area contributed by atoms with Crippen molar-refractivity contribution in [2.75, 3.05) is 10.2 Å². The van der Waals surface area contributed by atoms with E-state index in [0.717, 1.165) is 11.3 Å². The minimum Gasteiger partial charge on any atom is -0.307 e. The molecule has 0 aromatic heterocycles. The Balaban J connectivity index is 2.24. The van der Waals surface area contributed by atoms with Crippen LogP contribution < -0.4 is 4.90 Å². The zero-order valence-corrected chi connectivity index (χ0v) is 11.5. The van der Waals surface area contributed by atoms with Gasteiger partial charge in [-0.15, -0.1) is 0 Å². The fraction of sp³-hybridized carbons (Fsp3) is 0.133. The molecule has 0 aliphatic carbocycles. The van der Waals surface area contributed by atoms with Crippen molar-refractivity contribution in [3.63, 3.8) is 0 Å². The number of rotatable bonds is 4. The molecule has 2 rings (SSSR count). The Kier molecular flexibility index (Phi) is 4.53. The molecule has 0 aliphatic heterocycles.